The minimum Gasteiger partial charge on any atom is -0.509 e. The smallest absolute Gasteiger partial charge is 0.145 e. The Morgan fingerprint density at radius 2 is 1.87 bits per heavy atom. The number of hydrogen-bond acceptors (Lipinski definition) is 3. The number of aromatic amines is 1. The molecule has 0 radical (unpaired) electrons. The molecule has 3 aromatic rings. The Kier molecular flexibility index (Phi) is 2.94. The van der Waals surface area contributed by atoms with Gasteiger partial charge in [-0.1, -0.05) is 30.3 Å². The lowest BCUT2D eigenvalue weighted by molar-refractivity contribution is 0.411. The number of imidazole rings is 1. The Hall–Kier alpha value is -3.08. The van der Waals surface area contributed by atoms with Crippen molar-refractivity contribution in [3.63, 3.8) is 0 Å². The summed E-state index contributed by atoms with van der Waals surface area (Å²) in [6.45, 7) is 2.29. The fourth-order valence-electron chi connectivity index (χ4n) is 2.97. The van der Waals surface area contributed by atoms with Gasteiger partial charge in [-0.15, -0.1) is 0 Å². The number of aryl methyl sites for hydroxylation is 1. The molecule has 3 N–H and O–H groups in total. The number of amidine groups is 1. The highest BCUT2D eigenvalue weighted by Crippen LogP contribution is 2.32. The molecular formula is C18H16N4O. The Morgan fingerprint density at radius 3 is 2.65 bits per heavy atom. The van der Waals surface area contributed by atoms with E-state index < -0.39 is 0 Å². The van der Waals surface area contributed by atoms with Crippen molar-refractivity contribution in [1.29, 1.82) is 5.41 Å². The number of anilines is 1. The Balaban J connectivity index is 1.76. The zero-order valence-electron chi connectivity index (χ0n) is 12.7. The third kappa shape index (κ3) is 2.09. The van der Waals surface area contributed by atoms with Gasteiger partial charge in [0.05, 0.1) is 23.2 Å². The molecule has 0 spiro atoms. The van der Waals surface area contributed by atoms with Gasteiger partial charge in [0.25, 0.3) is 0 Å². The number of H-pyrrole nitrogens is 1. The second kappa shape index (κ2) is 4.98. The number of benzene rings is 2. The van der Waals surface area contributed by atoms with E-state index in [4.69, 9.17) is 5.41 Å². The molecule has 114 valence electrons. The number of aromatic nitrogens is 2. The summed E-state index contributed by atoms with van der Waals surface area (Å²) in [5, 5.41) is 18.9. The maximum atomic E-state index is 10.4. The lowest BCUT2D eigenvalue weighted by Gasteiger charge is -2.20. The number of aliphatic hydroxyl groups excluding tert-OH is 1. The Bertz CT molecular complexity index is 921. The van der Waals surface area contributed by atoms with E-state index in [2.05, 4.69) is 9.97 Å². The monoisotopic (exact) mass is 304 g/mol. The van der Waals surface area contributed by atoms with Crippen LogP contribution >= 0.6 is 0 Å². The van der Waals surface area contributed by atoms with Crippen molar-refractivity contribution < 1.29 is 5.11 Å². The molecular weight excluding hydrogens is 288 g/mol. The number of fused-ring (bicyclic) bond motifs is 1. The Morgan fingerprint density at radius 1 is 1.13 bits per heavy atom. The number of nitrogens with one attached hydrogen (secondary N) is 2. The molecule has 0 aliphatic carbocycles. The first-order valence-electron chi connectivity index (χ1n) is 7.44. The third-order valence-corrected chi connectivity index (χ3v) is 4.14. The second-order valence-electron chi connectivity index (χ2n) is 5.65. The van der Waals surface area contributed by atoms with Crippen molar-refractivity contribution in [2.75, 3.05) is 11.4 Å². The van der Waals surface area contributed by atoms with Gasteiger partial charge in [-0.25, -0.2) is 4.98 Å². The van der Waals surface area contributed by atoms with Crippen molar-refractivity contribution in [2.24, 2.45) is 0 Å². The van der Waals surface area contributed by atoms with Crippen molar-refractivity contribution >= 4 is 28.1 Å². The molecule has 0 fully saturated rings. The maximum Gasteiger partial charge on any atom is 0.145 e. The fourth-order valence-corrected chi connectivity index (χ4v) is 2.97. The summed E-state index contributed by atoms with van der Waals surface area (Å²) in [7, 11) is 0. The molecule has 5 heteroatoms. The average molecular weight is 304 g/mol. The van der Waals surface area contributed by atoms with Crippen LogP contribution in [0.2, 0.25) is 0 Å². The van der Waals surface area contributed by atoms with E-state index in [9.17, 15) is 5.11 Å². The van der Waals surface area contributed by atoms with Crippen LogP contribution in [0, 0.1) is 12.3 Å². The highest BCUT2D eigenvalue weighted by atomic mass is 16.3. The van der Waals surface area contributed by atoms with E-state index in [1.54, 1.807) is 4.90 Å². The van der Waals surface area contributed by atoms with Gasteiger partial charge >= 0.3 is 0 Å². The molecule has 23 heavy (non-hydrogen) atoms. The van der Waals surface area contributed by atoms with Gasteiger partial charge in [0.15, 0.2) is 0 Å². The predicted molar refractivity (Wildman–Crippen MR) is 91.9 cm³/mol. The molecule has 5 nitrogen and oxygen atoms in total. The van der Waals surface area contributed by atoms with Crippen LogP contribution in [0.1, 0.15) is 11.4 Å². The zero-order valence-corrected chi connectivity index (χ0v) is 12.7. The largest absolute Gasteiger partial charge is 0.509 e. The molecule has 1 aliphatic rings. The summed E-state index contributed by atoms with van der Waals surface area (Å²) >= 11 is 0. The van der Waals surface area contributed by atoms with Gasteiger partial charge in [-0.2, -0.15) is 0 Å². The Labute approximate surface area is 133 Å². The number of nitrogens with zero attached hydrogens (tertiary/aromatic N) is 2. The maximum absolute atomic E-state index is 10.4. The van der Waals surface area contributed by atoms with Crippen molar-refractivity contribution in [1.82, 2.24) is 9.97 Å². The number of hydrogen-bond donors (Lipinski definition) is 3. The topological polar surface area (TPSA) is 76.0 Å². The van der Waals surface area contributed by atoms with Gasteiger partial charge in [-0.3, -0.25) is 5.41 Å². The van der Waals surface area contributed by atoms with E-state index in [0.29, 0.717) is 11.4 Å². The minimum absolute atomic E-state index is 0.164. The molecule has 1 aliphatic heterocycles. The van der Waals surface area contributed by atoms with Gasteiger partial charge in [0, 0.05) is 5.69 Å². The van der Waals surface area contributed by atoms with E-state index in [1.807, 2.05) is 55.5 Å². The highest BCUT2D eigenvalue weighted by Gasteiger charge is 2.31. The molecule has 2 heterocycles. The minimum atomic E-state index is 0.164. The van der Waals surface area contributed by atoms with E-state index in [1.165, 1.54) is 0 Å². The standard InChI is InChI=1S/C18H16N4O/c1-11-6-2-5-9-14(11)22-10-15(23)16(17(22)19)18-20-12-7-3-4-8-13(12)21-18/h2-9,19,23H,10H2,1H3,(H,20,21). The highest BCUT2D eigenvalue weighted by molar-refractivity contribution is 6.30. The van der Waals surface area contributed by atoms with Gasteiger partial charge < -0.3 is 15.0 Å². The summed E-state index contributed by atoms with van der Waals surface area (Å²) in [6, 6.07) is 15.5. The van der Waals surface area contributed by atoms with Gasteiger partial charge in [-0.05, 0) is 30.7 Å². The van der Waals surface area contributed by atoms with E-state index >= 15 is 0 Å². The number of aliphatic hydroxyl groups is 1. The SMILES string of the molecule is Cc1ccccc1N1CC(O)=C(c2nc3ccccc3[nH]2)C1=N. The molecule has 0 saturated carbocycles. The normalized spacial score (nSPS) is 15.0. The van der Waals surface area contributed by atoms with E-state index in [-0.39, 0.29) is 18.1 Å². The van der Waals surface area contributed by atoms with Gasteiger partial charge in [0.2, 0.25) is 0 Å². The first-order valence-corrected chi connectivity index (χ1v) is 7.44. The summed E-state index contributed by atoms with van der Waals surface area (Å²) in [4.78, 5) is 9.49. The predicted octanol–water partition coefficient (Wildman–Crippen LogP) is 3.64. The summed E-state index contributed by atoms with van der Waals surface area (Å²) in [5.74, 6) is 0.956. The van der Waals surface area contributed by atoms with Crippen LogP contribution < -0.4 is 4.90 Å². The lowest BCUT2D eigenvalue weighted by atomic mass is 10.1. The molecule has 1 aromatic heterocycles. The van der Waals surface area contributed by atoms with Crippen molar-refractivity contribution in [2.45, 2.75) is 6.92 Å². The van der Waals surface area contributed by atoms with Crippen LogP contribution in [0.3, 0.4) is 0 Å². The molecule has 0 saturated heterocycles. The lowest BCUT2D eigenvalue weighted by Crippen LogP contribution is -2.26. The summed E-state index contributed by atoms with van der Waals surface area (Å²) in [6.07, 6.45) is 0. The van der Waals surface area contributed by atoms with Crippen LogP contribution in [-0.2, 0) is 0 Å². The molecule has 2 aromatic carbocycles. The first-order chi connectivity index (χ1) is 11.1. The van der Waals surface area contributed by atoms with Gasteiger partial charge in [0.1, 0.15) is 17.4 Å². The fraction of sp³-hybridized carbons (Fsp3) is 0.111. The van der Waals surface area contributed by atoms with Crippen molar-refractivity contribution in [3.8, 4) is 0 Å². The quantitative estimate of drug-likeness (QED) is 0.676. The van der Waals surface area contributed by atoms with Crippen molar-refractivity contribution in [3.05, 3.63) is 65.7 Å². The van der Waals surface area contributed by atoms with Crippen LogP contribution in [0.5, 0.6) is 0 Å². The molecule has 0 bridgehead atoms. The summed E-state index contributed by atoms with van der Waals surface area (Å²) < 4.78 is 0. The van der Waals surface area contributed by atoms with Crippen LogP contribution in [0.15, 0.2) is 54.3 Å². The second-order valence-corrected chi connectivity index (χ2v) is 5.65. The van der Waals surface area contributed by atoms with E-state index in [0.717, 1.165) is 22.3 Å². The molecule has 4 rings (SSSR count). The summed E-state index contributed by atoms with van der Waals surface area (Å²) in [5.41, 5.74) is 4.17. The van der Waals surface area contributed by atoms with Crippen LogP contribution in [0.4, 0.5) is 5.69 Å². The van der Waals surface area contributed by atoms with Crippen LogP contribution in [-0.4, -0.2) is 27.5 Å². The molecule has 0 unspecified atom stereocenters. The average Bonchev–Trinajstić information content (AvgIpc) is 3.08. The number of para-hydroxylation sites is 3. The third-order valence-electron chi connectivity index (χ3n) is 4.14. The van der Waals surface area contributed by atoms with Crippen LogP contribution in [0.25, 0.3) is 16.6 Å². The molecule has 0 amide bonds. The number of rotatable bonds is 2. The molecule has 0 atom stereocenters. The first kappa shape index (κ1) is 13.6. The zero-order chi connectivity index (χ0) is 16.0.